The molecule has 0 radical (unpaired) electrons. The second kappa shape index (κ2) is 7.80. The van der Waals surface area contributed by atoms with Crippen molar-refractivity contribution < 1.29 is 9.90 Å². The lowest BCUT2D eigenvalue weighted by molar-refractivity contribution is 0.0695. The van der Waals surface area contributed by atoms with Crippen molar-refractivity contribution >= 4 is 5.97 Å². The first-order chi connectivity index (χ1) is 13.1. The lowest BCUT2D eigenvalue weighted by Gasteiger charge is -2.36. The van der Waals surface area contributed by atoms with Crippen molar-refractivity contribution in [2.75, 3.05) is 13.1 Å². The fourth-order valence-corrected chi connectivity index (χ4v) is 4.45. The summed E-state index contributed by atoms with van der Waals surface area (Å²) in [6.07, 6.45) is 13.3. The average molecular weight is 368 g/mol. The second-order valence-electron chi connectivity index (χ2n) is 7.92. The van der Waals surface area contributed by atoms with E-state index >= 15 is 0 Å². The molecule has 2 fully saturated rings. The summed E-state index contributed by atoms with van der Waals surface area (Å²) in [4.78, 5) is 18.2. The normalized spacial score (nSPS) is 21.6. The SMILES string of the molecule is Cc1c(Cc2cnccc2C(=O)O)cnn1C1CCCN(C2CCC2)CC1. The number of carbonyl (C=O) groups is 1. The predicted molar refractivity (Wildman–Crippen MR) is 103 cm³/mol. The fourth-order valence-electron chi connectivity index (χ4n) is 4.45. The van der Waals surface area contributed by atoms with Crippen LogP contribution in [0.15, 0.2) is 24.7 Å². The molecule has 0 bridgehead atoms. The highest BCUT2D eigenvalue weighted by molar-refractivity contribution is 5.89. The van der Waals surface area contributed by atoms with Crippen LogP contribution in [0, 0.1) is 6.92 Å². The largest absolute Gasteiger partial charge is 0.478 e. The first-order valence-electron chi connectivity index (χ1n) is 10.1. The average Bonchev–Trinajstić information content (AvgIpc) is 2.82. The third-order valence-electron chi connectivity index (χ3n) is 6.33. The third-order valence-corrected chi connectivity index (χ3v) is 6.33. The number of rotatable bonds is 5. The van der Waals surface area contributed by atoms with Gasteiger partial charge >= 0.3 is 5.97 Å². The van der Waals surface area contributed by atoms with Crippen molar-refractivity contribution in [3.05, 3.63) is 47.0 Å². The smallest absolute Gasteiger partial charge is 0.336 e. The maximum Gasteiger partial charge on any atom is 0.336 e. The molecule has 4 rings (SSSR count). The number of likely N-dealkylation sites (tertiary alicyclic amines) is 1. The van der Waals surface area contributed by atoms with Crippen LogP contribution in [-0.4, -0.2) is 49.9 Å². The van der Waals surface area contributed by atoms with E-state index in [0.717, 1.165) is 35.8 Å². The van der Waals surface area contributed by atoms with E-state index in [1.54, 1.807) is 12.3 Å². The minimum Gasteiger partial charge on any atom is -0.478 e. The summed E-state index contributed by atoms with van der Waals surface area (Å²) in [6, 6.07) is 2.83. The van der Waals surface area contributed by atoms with Crippen molar-refractivity contribution in [2.24, 2.45) is 0 Å². The monoisotopic (exact) mass is 368 g/mol. The molecule has 2 aromatic heterocycles. The molecule has 0 amide bonds. The molecule has 1 aliphatic heterocycles. The van der Waals surface area contributed by atoms with Gasteiger partial charge in [0.05, 0.1) is 17.8 Å². The van der Waals surface area contributed by atoms with Crippen LogP contribution in [0.25, 0.3) is 0 Å². The molecule has 144 valence electrons. The highest BCUT2D eigenvalue weighted by Gasteiger charge is 2.28. The van der Waals surface area contributed by atoms with E-state index < -0.39 is 5.97 Å². The van der Waals surface area contributed by atoms with Gasteiger partial charge in [-0.25, -0.2) is 4.79 Å². The van der Waals surface area contributed by atoms with Crippen molar-refractivity contribution in [2.45, 2.75) is 64.0 Å². The van der Waals surface area contributed by atoms with Crippen LogP contribution in [0.4, 0.5) is 0 Å². The Kier molecular flexibility index (Phi) is 5.25. The van der Waals surface area contributed by atoms with E-state index in [1.165, 1.54) is 44.8 Å². The predicted octanol–water partition coefficient (Wildman–Crippen LogP) is 3.46. The zero-order chi connectivity index (χ0) is 18.8. The molecular formula is C21H28N4O2. The van der Waals surface area contributed by atoms with Crippen LogP contribution in [0.5, 0.6) is 0 Å². The summed E-state index contributed by atoms with van der Waals surface area (Å²) < 4.78 is 2.18. The molecule has 1 unspecified atom stereocenters. The van der Waals surface area contributed by atoms with Gasteiger partial charge in [0.15, 0.2) is 0 Å². The van der Waals surface area contributed by atoms with Gasteiger partial charge in [-0.3, -0.25) is 9.67 Å². The Morgan fingerprint density at radius 3 is 2.67 bits per heavy atom. The molecule has 2 aliphatic rings. The number of hydrogen-bond acceptors (Lipinski definition) is 4. The third kappa shape index (κ3) is 3.76. The highest BCUT2D eigenvalue weighted by atomic mass is 16.4. The van der Waals surface area contributed by atoms with Gasteiger partial charge in [-0.1, -0.05) is 6.42 Å². The van der Waals surface area contributed by atoms with Crippen molar-refractivity contribution in [3.8, 4) is 0 Å². The Balaban J connectivity index is 1.48. The van der Waals surface area contributed by atoms with E-state index in [9.17, 15) is 9.90 Å². The molecule has 6 heteroatoms. The Labute approximate surface area is 160 Å². The zero-order valence-electron chi connectivity index (χ0n) is 16.0. The zero-order valence-corrected chi connectivity index (χ0v) is 16.0. The van der Waals surface area contributed by atoms with E-state index in [-0.39, 0.29) is 0 Å². The molecule has 3 heterocycles. The number of carboxylic acid groups (broad SMARTS) is 1. The summed E-state index contributed by atoms with van der Waals surface area (Å²) in [5.41, 5.74) is 3.30. The van der Waals surface area contributed by atoms with Gasteiger partial charge in [-0.15, -0.1) is 0 Å². The van der Waals surface area contributed by atoms with Crippen molar-refractivity contribution in [3.63, 3.8) is 0 Å². The molecule has 2 aromatic rings. The van der Waals surface area contributed by atoms with Gasteiger partial charge in [0.1, 0.15) is 0 Å². The standard InChI is InChI=1S/C21H28N4O2/c1-15-16(12-17-13-22-9-7-20(17)21(26)27)14-23-25(15)19-6-3-10-24(11-8-19)18-4-2-5-18/h7,9,13-14,18-19H,2-6,8,10-12H2,1H3,(H,26,27). The Hall–Kier alpha value is -2.21. The molecule has 1 aliphatic carbocycles. The van der Waals surface area contributed by atoms with Gasteiger partial charge in [0.2, 0.25) is 0 Å². The number of carboxylic acids is 1. The number of nitrogens with zero attached hydrogens (tertiary/aromatic N) is 4. The first-order valence-corrected chi connectivity index (χ1v) is 10.1. The number of aromatic nitrogens is 3. The molecule has 1 saturated heterocycles. The van der Waals surface area contributed by atoms with Gasteiger partial charge in [-0.05, 0) is 62.8 Å². The quantitative estimate of drug-likeness (QED) is 0.875. The minimum atomic E-state index is -0.905. The lowest BCUT2D eigenvalue weighted by atomic mass is 9.91. The van der Waals surface area contributed by atoms with Gasteiger partial charge in [-0.2, -0.15) is 5.10 Å². The lowest BCUT2D eigenvalue weighted by Crippen LogP contribution is -2.40. The number of hydrogen-bond donors (Lipinski definition) is 1. The van der Waals surface area contributed by atoms with Crippen molar-refractivity contribution in [1.29, 1.82) is 0 Å². The van der Waals surface area contributed by atoms with Gasteiger partial charge in [0.25, 0.3) is 0 Å². The summed E-state index contributed by atoms with van der Waals surface area (Å²) in [5, 5.41) is 14.1. The Morgan fingerprint density at radius 2 is 1.93 bits per heavy atom. The molecule has 1 N–H and O–H groups in total. The van der Waals surface area contributed by atoms with Gasteiger partial charge < -0.3 is 10.0 Å². The van der Waals surface area contributed by atoms with Crippen LogP contribution in [0.3, 0.4) is 0 Å². The summed E-state index contributed by atoms with van der Waals surface area (Å²) in [7, 11) is 0. The van der Waals surface area contributed by atoms with E-state index in [0.29, 0.717) is 18.0 Å². The Bertz CT molecular complexity index is 812. The summed E-state index contributed by atoms with van der Waals surface area (Å²) in [5.74, 6) is -0.905. The second-order valence-corrected chi connectivity index (χ2v) is 7.92. The van der Waals surface area contributed by atoms with Crippen LogP contribution >= 0.6 is 0 Å². The molecule has 0 spiro atoms. The molecule has 6 nitrogen and oxygen atoms in total. The van der Waals surface area contributed by atoms with Crippen LogP contribution in [0.1, 0.15) is 71.7 Å². The summed E-state index contributed by atoms with van der Waals surface area (Å²) >= 11 is 0. The van der Waals surface area contributed by atoms with Crippen molar-refractivity contribution in [1.82, 2.24) is 19.7 Å². The topological polar surface area (TPSA) is 71.2 Å². The Morgan fingerprint density at radius 1 is 1.11 bits per heavy atom. The van der Waals surface area contributed by atoms with Gasteiger partial charge in [0, 0.05) is 37.1 Å². The number of aromatic carboxylic acids is 1. The fraction of sp³-hybridized carbons (Fsp3) is 0.571. The van der Waals surface area contributed by atoms with Crippen LogP contribution < -0.4 is 0 Å². The maximum atomic E-state index is 11.4. The minimum absolute atomic E-state index is 0.322. The van der Waals surface area contributed by atoms with Crippen LogP contribution in [-0.2, 0) is 6.42 Å². The highest BCUT2D eigenvalue weighted by Crippen LogP contribution is 2.31. The first kappa shape index (κ1) is 18.2. The molecule has 0 aromatic carbocycles. The van der Waals surface area contributed by atoms with E-state index in [2.05, 4.69) is 26.6 Å². The van der Waals surface area contributed by atoms with Crippen LogP contribution in [0.2, 0.25) is 0 Å². The summed E-state index contributed by atoms with van der Waals surface area (Å²) in [6.45, 7) is 4.48. The molecule has 27 heavy (non-hydrogen) atoms. The maximum absolute atomic E-state index is 11.4. The molecular weight excluding hydrogens is 340 g/mol. The number of pyridine rings is 1. The molecule has 1 saturated carbocycles. The van der Waals surface area contributed by atoms with E-state index in [4.69, 9.17) is 0 Å². The van der Waals surface area contributed by atoms with E-state index in [1.807, 2.05) is 6.20 Å². The molecule has 1 atom stereocenters.